The molecule has 2 aromatic heterocycles. The molecule has 3 heterocycles. The topological polar surface area (TPSA) is 133 Å². The number of hydrogen-bond acceptors (Lipinski definition) is 8. The van der Waals surface area contributed by atoms with E-state index in [4.69, 9.17) is 16.3 Å². The number of aliphatic hydroxyl groups is 1. The number of β-amino-alcohol motifs (C(OH)–C–C–N with tert-alkyl or cyclic N) is 1. The number of aromatic amines is 1. The summed E-state index contributed by atoms with van der Waals surface area (Å²) in [6.45, 7) is 4.03. The van der Waals surface area contributed by atoms with E-state index in [0.717, 1.165) is 25.1 Å². The summed E-state index contributed by atoms with van der Waals surface area (Å²) in [6, 6.07) is 9.70. The van der Waals surface area contributed by atoms with Gasteiger partial charge >= 0.3 is 0 Å². The number of H-pyrrole nitrogens is 1. The minimum atomic E-state index is -4.19. The quantitative estimate of drug-likeness (QED) is 0.306. The molecule has 13 heteroatoms. The highest BCUT2D eigenvalue weighted by molar-refractivity contribution is 7.92. The van der Waals surface area contributed by atoms with E-state index in [9.17, 15) is 17.9 Å². The second kappa shape index (κ2) is 10.2. The van der Waals surface area contributed by atoms with Crippen LogP contribution in [0.3, 0.4) is 0 Å². The summed E-state index contributed by atoms with van der Waals surface area (Å²) in [5.41, 5.74) is 2.07. The maximum absolute atomic E-state index is 14.1. The standard InChI is InChI=1S/C24H24ClFN6O4S/c1-14-21-23(30-29-14)27-22(28-24(21)36-18-8-9-32(13-18)10-11-33)15-2-5-17(6-3-15)31-37(34,35)20-12-16(25)4-7-19(20)26/h2-7,12,18,31,33H,8-11,13H2,1H3,(H,27,28,29,30). The molecule has 4 aromatic rings. The van der Waals surface area contributed by atoms with Crippen molar-refractivity contribution in [1.82, 2.24) is 25.1 Å². The zero-order valence-corrected chi connectivity index (χ0v) is 21.4. The van der Waals surface area contributed by atoms with Crippen molar-refractivity contribution in [3.05, 3.63) is 59.0 Å². The van der Waals surface area contributed by atoms with Gasteiger partial charge in [-0.2, -0.15) is 10.1 Å². The van der Waals surface area contributed by atoms with Gasteiger partial charge < -0.3 is 9.84 Å². The summed E-state index contributed by atoms with van der Waals surface area (Å²) in [6.07, 6.45) is 0.718. The highest BCUT2D eigenvalue weighted by Gasteiger charge is 2.26. The number of ether oxygens (including phenoxy) is 1. The van der Waals surface area contributed by atoms with E-state index in [1.165, 1.54) is 18.2 Å². The first-order valence-electron chi connectivity index (χ1n) is 11.5. The van der Waals surface area contributed by atoms with Crippen LogP contribution < -0.4 is 9.46 Å². The molecule has 0 aliphatic carbocycles. The van der Waals surface area contributed by atoms with Crippen molar-refractivity contribution in [2.45, 2.75) is 24.3 Å². The number of nitrogens with zero attached hydrogens (tertiary/aromatic N) is 4. The Hall–Kier alpha value is -3.32. The van der Waals surface area contributed by atoms with Crippen LogP contribution in [0.4, 0.5) is 10.1 Å². The second-order valence-electron chi connectivity index (χ2n) is 8.70. The summed E-state index contributed by atoms with van der Waals surface area (Å²) < 4.78 is 48.1. The van der Waals surface area contributed by atoms with Crippen LogP contribution in [0.2, 0.25) is 5.02 Å². The Morgan fingerprint density at radius 1 is 1.24 bits per heavy atom. The van der Waals surface area contributed by atoms with Crippen LogP contribution >= 0.6 is 11.6 Å². The molecule has 1 saturated heterocycles. The third kappa shape index (κ3) is 5.37. The summed E-state index contributed by atoms with van der Waals surface area (Å²) in [7, 11) is -4.19. The van der Waals surface area contributed by atoms with E-state index in [-0.39, 0.29) is 23.4 Å². The first-order valence-corrected chi connectivity index (χ1v) is 13.4. The fraction of sp³-hybridized carbons (Fsp3) is 0.292. The summed E-state index contributed by atoms with van der Waals surface area (Å²) in [5, 5.41) is 17.1. The van der Waals surface area contributed by atoms with E-state index in [0.29, 0.717) is 47.1 Å². The number of aryl methyl sites for hydroxylation is 1. The third-order valence-corrected chi connectivity index (χ3v) is 7.70. The maximum atomic E-state index is 14.1. The molecule has 1 aliphatic rings. The van der Waals surface area contributed by atoms with E-state index < -0.39 is 20.7 Å². The Morgan fingerprint density at radius 2 is 2.03 bits per heavy atom. The van der Waals surface area contributed by atoms with Crippen LogP contribution in [0.25, 0.3) is 22.4 Å². The number of likely N-dealkylation sites (tertiary alicyclic amines) is 1. The van der Waals surface area contributed by atoms with E-state index in [1.807, 2.05) is 6.92 Å². The van der Waals surface area contributed by atoms with Gasteiger partial charge in [-0.3, -0.25) is 14.7 Å². The molecule has 2 aromatic carbocycles. The van der Waals surface area contributed by atoms with Crippen molar-refractivity contribution < 1.29 is 22.7 Å². The molecule has 0 radical (unpaired) electrons. The highest BCUT2D eigenvalue weighted by Crippen LogP contribution is 2.30. The molecular weight excluding hydrogens is 523 g/mol. The minimum Gasteiger partial charge on any atom is -0.472 e. The van der Waals surface area contributed by atoms with Crippen molar-refractivity contribution >= 4 is 38.3 Å². The molecule has 0 saturated carbocycles. The smallest absolute Gasteiger partial charge is 0.264 e. The van der Waals surface area contributed by atoms with Crippen molar-refractivity contribution in [3.8, 4) is 17.3 Å². The van der Waals surface area contributed by atoms with Crippen LogP contribution in [-0.4, -0.2) is 70.9 Å². The van der Waals surface area contributed by atoms with Crippen molar-refractivity contribution in [1.29, 1.82) is 0 Å². The Kier molecular flexibility index (Phi) is 6.99. The normalized spacial score (nSPS) is 16.4. The maximum Gasteiger partial charge on any atom is 0.264 e. The summed E-state index contributed by atoms with van der Waals surface area (Å²) in [4.78, 5) is 10.8. The van der Waals surface area contributed by atoms with Crippen molar-refractivity contribution in [2.24, 2.45) is 0 Å². The predicted molar refractivity (Wildman–Crippen MR) is 137 cm³/mol. The Labute approximate surface area is 217 Å². The number of anilines is 1. The molecule has 194 valence electrons. The van der Waals surface area contributed by atoms with Crippen LogP contribution in [0.1, 0.15) is 12.1 Å². The molecule has 1 atom stereocenters. The predicted octanol–water partition coefficient (Wildman–Crippen LogP) is 3.37. The first-order chi connectivity index (χ1) is 17.7. The Bertz CT molecular complexity index is 1550. The number of rotatable bonds is 8. The number of nitrogens with one attached hydrogen (secondary N) is 2. The number of sulfonamides is 1. The Balaban J connectivity index is 1.40. The lowest BCUT2D eigenvalue weighted by Gasteiger charge is -2.16. The number of fused-ring (bicyclic) bond motifs is 1. The van der Waals surface area contributed by atoms with Crippen LogP contribution in [0.15, 0.2) is 47.4 Å². The molecule has 1 fully saturated rings. The van der Waals surface area contributed by atoms with Gasteiger partial charge in [0.05, 0.1) is 12.3 Å². The molecule has 0 amide bonds. The average Bonchev–Trinajstić information content (AvgIpc) is 3.47. The lowest BCUT2D eigenvalue weighted by Crippen LogP contribution is -2.27. The number of halogens is 2. The molecular formula is C24H24ClFN6O4S. The van der Waals surface area contributed by atoms with E-state index in [1.54, 1.807) is 12.1 Å². The largest absolute Gasteiger partial charge is 0.472 e. The van der Waals surface area contributed by atoms with Gasteiger partial charge in [-0.25, -0.2) is 17.8 Å². The monoisotopic (exact) mass is 546 g/mol. The van der Waals surface area contributed by atoms with Gasteiger partial charge in [0.25, 0.3) is 10.0 Å². The van der Waals surface area contributed by atoms with Gasteiger partial charge in [-0.1, -0.05) is 11.6 Å². The van der Waals surface area contributed by atoms with Crippen LogP contribution in [0, 0.1) is 12.7 Å². The molecule has 37 heavy (non-hydrogen) atoms. The highest BCUT2D eigenvalue weighted by atomic mass is 35.5. The van der Waals surface area contributed by atoms with Gasteiger partial charge in [-0.05, 0) is 55.8 Å². The molecule has 5 rings (SSSR count). The summed E-state index contributed by atoms with van der Waals surface area (Å²) >= 11 is 5.84. The van der Waals surface area contributed by atoms with Crippen molar-refractivity contribution in [2.75, 3.05) is 31.0 Å². The lowest BCUT2D eigenvalue weighted by molar-refractivity contribution is 0.178. The number of benzene rings is 2. The first kappa shape index (κ1) is 25.3. The van der Waals surface area contributed by atoms with Gasteiger partial charge in [0.15, 0.2) is 11.5 Å². The number of aromatic nitrogens is 4. The SMILES string of the molecule is Cc1n[nH]c2nc(-c3ccc(NS(=O)(=O)c4cc(Cl)ccc4F)cc3)nc(OC3CCN(CCO)C3)c12. The Morgan fingerprint density at radius 3 is 2.78 bits per heavy atom. The molecule has 10 nitrogen and oxygen atoms in total. The zero-order valence-electron chi connectivity index (χ0n) is 19.8. The lowest BCUT2D eigenvalue weighted by atomic mass is 10.2. The molecule has 1 unspecified atom stereocenters. The van der Waals surface area contributed by atoms with Gasteiger partial charge in [0.2, 0.25) is 5.88 Å². The molecule has 1 aliphatic heterocycles. The van der Waals surface area contributed by atoms with E-state index >= 15 is 0 Å². The van der Waals surface area contributed by atoms with Gasteiger partial charge in [0, 0.05) is 35.9 Å². The molecule has 3 N–H and O–H groups in total. The second-order valence-corrected chi connectivity index (χ2v) is 10.8. The minimum absolute atomic E-state index is 0.0875. The third-order valence-electron chi connectivity index (χ3n) is 6.07. The molecule has 0 spiro atoms. The van der Waals surface area contributed by atoms with Crippen LogP contribution in [-0.2, 0) is 10.0 Å². The zero-order chi connectivity index (χ0) is 26.2. The fourth-order valence-electron chi connectivity index (χ4n) is 4.23. The van der Waals surface area contributed by atoms with Crippen molar-refractivity contribution in [3.63, 3.8) is 0 Å². The molecule has 0 bridgehead atoms. The van der Waals surface area contributed by atoms with Gasteiger partial charge in [-0.15, -0.1) is 0 Å². The van der Waals surface area contributed by atoms with Crippen LogP contribution in [0.5, 0.6) is 5.88 Å². The number of aliphatic hydroxyl groups excluding tert-OH is 1. The summed E-state index contributed by atoms with van der Waals surface area (Å²) in [5.74, 6) is -0.130. The van der Waals surface area contributed by atoms with Gasteiger partial charge in [0.1, 0.15) is 22.2 Å². The van der Waals surface area contributed by atoms with E-state index in [2.05, 4.69) is 29.8 Å². The average molecular weight is 547 g/mol. The number of hydrogen-bond donors (Lipinski definition) is 3. The fourth-order valence-corrected chi connectivity index (χ4v) is 5.63.